The van der Waals surface area contributed by atoms with Crippen LogP contribution >= 0.6 is 11.6 Å². The zero-order valence-electron chi connectivity index (χ0n) is 11.0. The van der Waals surface area contributed by atoms with Crippen LogP contribution in [0.1, 0.15) is 27.2 Å². The van der Waals surface area contributed by atoms with Gasteiger partial charge < -0.3 is 5.73 Å². The van der Waals surface area contributed by atoms with Gasteiger partial charge in [-0.2, -0.15) is 0 Å². The van der Waals surface area contributed by atoms with E-state index < -0.39 is 9.84 Å². The minimum absolute atomic E-state index is 0.105. The predicted molar refractivity (Wildman–Crippen MR) is 76.5 cm³/mol. The van der Waals surface area contributed by atoms with E-state index in [0.29, 0.717) is 10.9 Å². The van der Waals surface area contributed by atoms with Crippen molar-refractivity contribution in [1.82, 2.24) is 0 Å². The smallest absolute Gasteiger partial charge is 0.180 e. The normalized spacial score (nSPS) is 13.8. The van der Waals surface area contributed by atoms with Crippen LogP contribution in [-0.2, 0) is 9.84 Å². The number of anilines is 1. The average Bonchev–Trinajstić information content (AvgIpc) is 2.19. The molecule has 0 heterocycles. The molecule has 0 saturated heterocycles. The van der Waals surface area contributed by atoms with Crippen LogP contribution in [0.3, 0.4) is 0 Å². The van der Waals surface area contributed by atoms with Crippen LogP contribution in [0.15, 0.2) is 23.1 Å². The third-order valence-corrected chi connectivity index (χ3v) is 4.96. The summed E-state index contributed by atoms with van der Waals surface area (Å²) in [7, 11) is -3.37. The first kappa shape index (κ1) is 15.3. The molecule has 0 spiro atoms. The van der Waals surface area contributed by atoms with Crippen LogP contribution in [0.5, 0.6) is 0 Å². The third kappa shape index (κ3) is 4.18. The van der Waals surface area contributed by atoms with Crippen LogP contribution in [0.4, 0.5) is 5.69 Å². The Balaban J connectivity index is 2.96. The van der Waals surface area contributed by atoms with E-state index in [1.54, 1.807) is 6.07 Å². The van der Waals surface area contributed by atoms with E-state index in [2.05, 4.69) is 13.8 Å². The molecule has 102 valence electrons. The van der Waals surface area contributed by atoms with E-state index in [1.165, 1.54) is 12.1 Å². The Hall–Kier alpha value is -0.740. The van der Waals surface area contributed by atoms with Crippen LogP contribution in [-0.4, -0.2) is 14.2 Å². The van der Waals surface area contributed by atoms with Crippen molar-refractivity contribution in [3.05, 3.63) is 23.2 Å². The number of nitrogens with two attached hydrogens (primary N) is 1. The third-order valence-electron chi connectivity index (χ3n) is 2.69. The number of sulfone groups is 1. The lowest BCUT2D eigenvalue weighted by molar-refractivity contribution is 0.465. The zero-order chi connectivity index (χ0) is 13.9. The molecule has 5 heteroatoms. The number of hydrogen-bond acceptors (Lipinski definition) is 3. The fourth-order valence-electron chi connectivity index (χ4n) is 2.11. The lowest BCUT2D eigenvalue weighted by atomic mass is 10.0. The second kappa shape index (κ2) is 5.93. The Morgan fingerprint density at radius 2 is 1.89 bits per heavy atom. The predicted octanol–water partition coefficient (Wildman–Crippen LogP) is 3.38. The molecule has 0 aliphatic heterocycles. The molecular weight excluding hydrogens is 270 g/mol. The number of benzene rings is 1. The van der Waals surface area contributed by atoms with E-state index in [-0.39, 0.29) is 22.3 Å². The molecular formula is C13H20ClNO2S. The van der Waals surface area contributed by atoms with Crippen molar-refractivity contribution >= 4 is 27.1 Å². The first-order valence-electron chi connectivity index (χ1n) is 6.00. The molecule has 0 saturated carbocycles. The van der Waals surface area contributed by atoms with Gasteiger partial charge in [0.1, 0.15) is 0 Å². The molecule has 1 unspecified atom stereocenters. The zero-order valence-corrected chi connectivity index (χ0v) is 12.6. The highest BCUT2D eigenvalue weighted by Gasteiger charge is 2.21. The summed E-state index contributed by atoms with van der Waals surface area (Å²) in [6, 6.07) is 4.55. The number of hydrogen-bond donors (Lipinski definition) is 1. The minimum Gasteiger partial charge on any atom is -0.398 e. The van der Waals surface area contributed by atoms with Crippen molar-refractivity contribution in [2.24, 2.45) is 11.8 Å². The van der Waals surface area contributed by atoms with Crippen LogP contribution in [0, 0.1) is 11.8 Å². The molecule has 0 bridgehead atoms. The molecule has 0 aliphatic carbocycles. The van der Waals surface area contributed by atoms with Gasteiger partial charge in [-0.25, -0.2) is 8.42 Å². The van der Waals surface area contributed by atoms with Crippen molar-refractivity contribution in [3.63, 3.8) is 0 Å². The molecule has 0 aromatic heterocycles. The summed E-state index contributed by atoms with van der Waals surface area (Å²) in [4.78, 5) is 0.144. The largest absolute Gasteiger partial charge is 0.398 e. The van der Waals surface area contributed by atoms with Crippen molar-refractivity contribution in [2.45, 2.75) is 32.1 Å². The SMILES string of the molecule is CC(C)CC(C)CS(=O)(=O)c1cc(Cl)ccc1N. The summed E-state index contributed by atoms with van der Waals surface area (Å²) in [6.07, 6.45) is 0.875. The van der Waals surface area contributed by atoms with Gasteiger partial charge in [-0.05, 0) is 36.5 Å². The van der Waals surface area contributed by atoms with E-state index in [0.717, 1.165) is 6.42 Å². The molecule has 18 heavy (non-hydrogen) atoms. The first-order chi connectivity index (χ1) is 8.22. The van der Waals surface area contributed by atoms with Gasteiger partial charge in [0.25, 0.3) is 0 Å². The fourth-order valence-corrected chi connectivity index (χ4v) is 4.15. The average molecular weight is 290 g/mol. The Morgan fingerprint density at radius 1 is 1.28 bits per heavy atom. The Kier molecular flexibility index (Phi) is 5.05. The van der Waals surface area contributed by atoms with Crippen molar-refractivity contribution in [3.8, 4) is 0 Å². The minimum atomic E-state index is -3.37. The number of halogens is 1. The molecule has 1 aromatic carbocycles. The Bertz CT molecular complexity index is 512. The molecule has 2 N–H and O–H groups in total. The highest BCUT2D eigenvalue weighted by Crippen LogP contribution is 2.26. The van der Waals surface area contributed by atoms with E-state index >= 15 is 0 Å². The maximum Gasteiger partial charge on any atom is 0.180 e. The maximum atomic E-state index is 12.3. The molecule has 0 fully saturated rings. The fraction of sp³-hybridized carbons (Fsp3) is 0.538. The van der Waals surface area contributed by atoms with Gasteiger partial charge in [-0.1, -0.05) is 32.4 Å². The lowest BCUT2D eigenvalue weighted by Crippen LogP contribution is -2.17. The van der Waals surface area contributed by atoms with Crippen molar-refractivity contribution in [1.29, 1.82) is 0 Å². The van der Waals surface area contributed by atoms with Gasteiger partial charge in [0.2, 0.25) is 0 Å². The Labute approximate surface area is 114 Å². The molecule has 1 aromatic rings. The second-order valence-electron chi connectivity index (χ2n) is 5.20. The summed E-state index contributed by atoms with van der Waals surface area (Å²) in [5, 5.41) is 0.388. The van der Waals surface area contributed by atoms with Gasteiger partial charge >= 0.3 is 0 Å². The maximum absolute atomic E-state index is 12.3. The molecule has 0 amide bonds. The van der Waals surface area contributed by atoms with Gasteiger partial charge in [-0.3, -0.25) is 0 Å². The number of nitrogen functional groups attached to an aromatic ring is 1. The van der Waals surface area contributed by atoms with Gasteiger partial charge in [0.05, 0.1) is 16.3 Å². The summed E-state index contributed by atoms with van der Waals surface area (Å²) >= 11 is 5.82. The first-order valence-corrected chi connectivity index (χ1v) is 8.03. The Morgan fingerprint density at radius 3 is 2.44 bits per heavy atom. The molecule has 0 aliphatic rings. The number of rotatable bonds is 5. The van der Waals surface area contributed by atoms with Crippen LogP contribution in [0.2, 0.25) is 5.02 Å². The van der Waals surface area contributed by atoms with Crippen LogP contribution < -0.4 is 5.73 Å². The van der Waals surface area contributed by atoms with Crippen molar-refractivity contribution < 1.29 is 8.42 Å². The summed E-state index contributed by atoms with van der Waals surface area (Å²) < 4.78 is 24.5. The molecule has 1 atom stereocenters. The summed E-state index contributed by atoms with van der Waals surface area (Å²) in [6.45, 7) is 6.10. The van der Waals surface area contributed by atoms with Gasteiger partial charge in [0.15, 0.2) is 9.84 Å². The van der Waals surface area contributed by atoms with Gasteiger partial charge in [-0.15, -0.1) is 0 Å². The molecule has 1 rings (SSSR count). The molecule has 3 nitrogen and oxygen atoms in total. The summed E-state index contributed by atoms with van der Waals surface area (Å²) in [5.74, 6) is 0.690. The highest BCUT2D eigenvalue weighted by molar-refractivity contribution is 7.91. The van der Waals surface area contributed by atoms with E-state index in [1.807, 2.05) is 6.92 Å². The lowest BCUT2D eigenvalue weighted by Gasteiger charge is -2.15. The van der Waals surface area contributed by atoms with Gasteiger partial charge in [0, 0.05) is 5.02 Å². The topological polar surface area (TPSA) is 60.2 Å². The second-order valence-corrected chi connectivity index (χ2v) is 7.64. The van der Waals surface area contributed by atoms with Crippen LogP contribution in [0.25, 0.3) is 0 Å². The highest BCUT2D eigenvalue weighted by atomic mass is 35.5. The standard InChI is InChI=1S/C13H20ClNO2S/c1-9(2)6-10(3)8-18(16,17)13-7-11(14)4-5-12(13)15/h4-5,7,9-10H,6,8,15H2,1-3H3. The quantitative estimate of drug-likeness (QED) is 0.845. The monoisotopic (exact) mass is 289 g/mol. The van der Waals surface area contributed by atoms with Crippen molar-refractivity contribution in [2.75, 3.05) is 11.5 Å². The molecule has 0 radical (unpaired) electrons. The van der Waals surface area contributed by atoms with E-state index in [4.69, 9.17) is 17.3 Å². The summed E-state index contributed by atoms with van der Waals surface area (Å²) in [5.41, 5.74) is 5.98. The van der Waals surface area contributed by atoms with E-state index in [9.17, 15) is 8.42 Å².